The summed E-state index contributed by atoms with van der Waals surface area (Å²) >= 11 is 5.89. The van der Waals surface area contributed by atoms with Crippen molar-refractivity contribution in [3.8, 4) is 0 Å². The molecular weight excluding hydrogens is 434 g/mol. The first-order chi connectivity index (χ1) is 15.9. The molecule has 4 rings (SSSR count). The molecule has 0 unspecified atom stereocenters. The van der Waals surface area contributed by atoms with Crippen LogP contribution in [0.1, 0.15) is 17.0 Å². The van der Waals surface area contributed by atoms with E-state index in [9.17, 15) is 4.79 Å². The number of aryl methyl sites for hydroxylation is 2. The molecule has 0 radical (unpaired) electrons. The molecule has 0 aliphatic heterocycles. The van der Waals surface area contributed by atoms with Crippen molar-refractivity contribution in [2.24, 2.45) is 0 Å². The summed E-state index contributed by atoms with van der Waals surface area (Å²) in [7, 11) is 0. The van der Waals surface area contributed by atoms with Crippen molar-refractivity contribution in [1.82, 2.24) is 9.97 Å². The smallest absolute Gasteiger partial charge is 0.228 e. The van der Waals surface area contributed by atoms with Crippen LogP contribution < -0.4 is 16.0 Å². The number of nitrogens with one attached hydrogen (secondary N) is 3. The van der Waals surface area contributed by atoms with E-state index in [1.54, 1.807) is 12.1 Å². The van der Waals surface area contributed by atoms with Crippen molar-refractivity contribution >= 4 is 46.2 Å². The summed E-state index contributed by atoms with van der Waals surface area (Å²) in [6, 6.07) is 24.7. The molecule has 0 aliphatic rings. The number of benzene rings is 3. The molecule has 4 aromatic rings. The summed E-state index contributed by atoms with van der Waals surface area (Å²) in [5, 5.41) is 10.2. The number of nitrogens with zero attached hydrogens (tertiary/aromatic N) is 2. The topological polar surface area (TPSA) is 78.9 Å². The van der Waals surface area contributed by atoms with Gasteiger partial charge in [-0.3, -0.25) is 4.79 Å². The molecule has 0 saturated heterocycles. The molecule has 1 aromatic heterocycles. The third-order valence-electron chi connectivity index (χ3n) is 4.88. The molecule has 0 atom stereocenters. The zero-order valence-corrected chi connectivity index (χ0v) is 19.1. The first-order valence-electron chi connectivity index (χ1n) is 10.5. The highest BCUT2D eigenvalue weighted by Crippen LogP contribution is 2.22. The van der Waals surface area contributed by atoms with Crippen LogP contribution in [0.5, 0.6) is 0 Å². The van der Waals surface area contributed by atoms with Crippen LogP contribution in [-0.4, -0.2) is 15.9 Å². The number of carbonyl (C=O) groups excluding carboxylic acids is 1. The highest BCUT2D eigenvalue weighted by Gasteiger charge is 2.06. The second-order valence-corrected chi connectivity index (χ2v) is 8.17. The Morgan fingerprint density at radius 3 is 1.85 bits per heavy atom. The van der Waals surface area contributed by atoms with E-state index in [4.69, 9.17) is 11.6 Å². The van der Waals surface area contributed by atoms with E-state index in [0.717, 1.165) is 22.6 Å². The molecule has 0 saturated carbocycles. The van der Waals surface area contributed by atoms with Gasteiger partial charge < -0.3 is 16.0 Å². The molecule has 1 amide bonds. The molecule has 0 spiro atoms. The van der Waals surface area contributed by atoms with Crippen LogP contribution in [0.15, 0.2) is 78.9 Å². The maximum absolute atomic E-state index is 12.3. The Bertz CT molecular complexity index is 1240. The van der Waals surface area contributed by atoms with Gasteiger partial charge in [0, 0.05) is 28.2 Å². The van der Waals surface area contributed by atoms with Gasteiger partial charge >= 0.3 is 0 Å². The van der Waals surface area contributed by atoms with E-state index in [0.29, 0.717) is 22.5 Å². The average Bonchev–Trinajstić information content (AvgIpc) is 2.78. The number of halogens is 1. The minimum Gasteiger partial charge on any atom is -0.340 e. The fraction of sp³-hybridized carbons (Fsp3) is 0.115. The minimum atomic E-state index is -0.0868. The van der Waals surface area contributed by atoms with E-state index in [1.165, 1.54) is 5.56 Å². The molecule has 0 fully saturated rings. The Morgan fingerprint density at radius 1 is 0.758 bits per heavy atom. The number of anilines is 5. The fourth-order valence-electron chi connectivity index (χ4n) is 3.26. The van der Waals surface area contributed by atoms with E-state index >= 15 is 0 Å². The Labute approximate surface area is 198 Å². The number of hydrogen-bond acceptors (Lipinski definition) is 5. The number of aromatic nitrogens is 2. The lowest BCUT2D eigenvalue weighted by Gasteiger charge is -2.11. The summed E-state index contributed by atoms with van der Waals surface area (Å²) in [5.74, 6) is 1.95. The maximum atomic E-state index is 12.3. The van der Waals surface area contributed by atoms with Crippen LogP contribution in [0.2, 0.25) is 5.02 Å². The highest BCUT2D eigenvalue weighted by atomic mass is 35.5. The fourth-order valence-corrected chi connectivity index (χ4v) is 3.38. The predicted molar refractivity (Wildman–Crippen MR) is 135 cm³/mol. The van der Waals surface area contributed by atoms with E-state index < -0.39 is 0 Å². The molecule has 166 valence electrons. The molecule has 33 heavy (non-hydrogen) atoms. The second-order valence-electron chi connectivity index (χ2n) is 7.73. The largest absolute Gasteiger partial charge is 0.340 e. The molecule has 0 aliphatic carbocycles. The first kappa shape index (κ1) is 22.3. The van der Waals surface area contributed by atoms with E-state index in [1.807, 2.05) is 73.7 Å². The van der Waals surface area contributed by atoms with Crippen molar-refractivity contribution in [1.29, 1.82) is 0 Å². The number of amides is 1. The molecule has 6 nitrogen and oxygen atoms in total. The van der Waals surface area contributed by atoms with Crippen molar-refractivity contribution in [2.45, 2.75) is 20.3 Å². The van der Waals surface area contributed by atoms with Crippen molar-refractivity contribution in [3.05, 3.63) is 101 Å². The Kier molecular flexibility index (Phi) is 6.86. The molecule has 3 aromatic carbocycles. The lowest BCUT2D eigenvalue weighted by atomic mass is 10.1. The first-order valence-corrected chi connectivity index (χ1v) is 10.9. The number of carbonyl (C=O) groups is 1. The monoisotopic (exact) mass is 457 g/mol. The lowest BCUT2D eigenvalue weighted by molar-refractivity contribution is -0.115. The van der Waals surface area contributed by atoms with E-state index in [2.05, 4.69) is 32.8 Å². The zero-order valence-electron chi connectivity index (χ0n) is 18.4. The SMILES string of the molecule is Cc1ccc(Nc2cc(Nc3ccc(NC(=O)Cc4ccc(Cl)cc4)cc3)nc(C)n2)cc1. The van der Waals surface area contributed by atoms with Crippen molar-refractivity contribution in [2.75, 3.05) is 16.0 Å². The maximum Gasteiger partial charge on any atom is 0.228 e. The van der Waals surface area contributed by atoms with Gasteiger partial charge in [0.25, 0.3) is 0 Å². The van der Waals surface area contributed by atoms with Crippen LogP contribution >= 0.6 is 11.6 Å². The zero-order chi connectivity index (χ0) is 23.2. The number of rotatable bonds is 7. The van der Waals surface area contributed by atoms with Crippen LogP contribution in [-0.2, 0) is 11.2 Å². The van der Waals surface area contributed by atoms with Crippen molar-refractivity contribution < 1.29 is 4.79 Å². The van der Waals surface area contributed by atoms with Gasteiger partial charge in [-0.2, -0.15) is 0 Å². The Morgan fingerprint density at radius 2 is 1.27 bits per heavy atom. The summed E-state index contributed by atoms with van der Waals surface area (Å²) in [5.41, 5.74) is 4.64. The van der Waals surface area contributed by atoms with Crippen LogP contribution in [0.4, 0.5) is 28.7 Å². The third-order valence-corrected chi connectivity index (χ3v) is 5.13. The summed E-state index contributed by atoms with van der Waals surface area (Å²) in [6.07, 6.45) is 0.286. The Balaban J connectivity index is 1.38. The van der Waals surface area contributed by atoms with Crippen LogP contribution in [0.25, 0.3) is 0 Å². The molecule has 1 heterocycles. The van der Waals surface area contributed by atoms with Gasteiger partial charge in [-0.15, -0.1) is 0 Å². The van der Waals surface area contributed by atoms with Gasteiger partial charge in [0.05, 0.1) is 6.42 Å². The van der Waals surface area contributed by atoms with Crippen LogP contribution in [0, 0.1) is 13.8 Å². The normalized spacial score (nSPS) is 10.5. The summed E-state index contributed by atoms with van der Waals surface area (Å²) < 4.78 is 0. The standard InChI is InChI=1S/C26H24ClN5O/c1-17-3-9-21(10-4-17)30-24-16-25(29-18(2)28-24)31-22-11-13-23(14-12-22)32-26(33)15-19-5-7-20(27)8-6-19/h3-14,16H,15H2,1-2H3,(H,32,33)(H2,28,29,30,31). The summed E-state index contributed by atoms with van der Waals surface area (Å²) in [4.78, 5) is 21.2. The minimum absolute atomic E-state index is 0.0868. The van der Waals surface area contributed by atoms with Gasteiger partial charge in [-0.05, 0) is 67.9 Å². The third kappa shape index (κ3) is 6.54. The Hall–Kier alpha value is -3.90. The molecule has 7 heteroatoms. The summed E-state index contributed by atoms with van der Waals surface area (Å²) in [6.45, 7) is 3.90. The van der Waals surface area contributed by atoms with Gasteiger partial charge in [0.1, 0.15) is 17.5 Å². The van der Waals surface area contributed by atoms with Gasteiger partial charge in [0.2, 0.25) is 5.91 Å². The quantitative estimate of drug-likeness (QED) is 0.298. The van der Waals surface area contributed by atoms with Gasteiger partial charge in [0.15, 0.2) is 0 Å². The second kappa shape index (κ2) is 10.1. The molecular formula is C26H24ClN5O. The number of hydrogen-bond donors (Lipinski definition) is 3. The van der Waals surface area contributed by atoms with Crippen LogP contribution in [0.3, 0.4) is 0 Å². The van der Waals surface area contributed by atoms with Crippen molar-refractivity contribution in [3.63, 3.8) is 0 Å². The van der Waals surface area contributed by atoms with Gasteiger partial charge in [-0.1, -0.05) is 41.4 Å². The van der Waals surface area contributed by atoms with E-state index in [-0.39, 0.29) is 12.3 Å². The lowest BCUT2D eigenvalue weighted by Crippen LogP contribution is -2.14. The van der Waals surface area contributed by atoms with Gasteiger partial charge in [-0.25, -0.2) is 9.97 Å². The molecule has 0 bridgehead atoms. The molecule has 3 N–H and O–H groups in total. The average molecular weight is 458 g/mol. The highest BCUT2D eigenvalue weighted by molar-refractivity contribution is 6.30. The predicted octanol–water partition coefficient (Wildman–Crippen LogP) is 6.42.